The molecule has 6 nitrogen and oxygen atoms in total. The maximum absolute atomic E-state index is 12.4. The van der Waals surface area contributed by atoms with E-state index < -0.39 is 16.2 Å². The standard InChI is InChI=1S/C14H26N2O4S/c1-13(2)10-5-7-14(13,3)11(9-10)15-21(19,20)16(4)8-6-12(17)18/h10-11,15H,5-9H2,1-4H3,(H,17,18). The van der Waals surface area contributed by atoms with Gasteiger partial charge in [0.2, 0.25) is 0 Å². The molecule has 7 heteroatoms. The number of rotatable bonds is 6. The van der Waals surface area contributed by atoms with Crippen molar-refractivity contribution in [3.63, 3.8) is 0 Å². The highest BCUT2D eigenvalue weighted by Gasteiger charge is 2.62. The van der Waals surface area contributed by atoms with Crippen molar-refractivity contribution in [1.29, 1.82) is 0 Å². The molecule has 2 bridgehead atoms. The van der Waals surface area contributed by atoms with E-state index in [2.05, 4.69) is 25.5 Å². The van der Waals surface area contributed by atoms with Gasteiger partial charge in [-0.1, -0.05) is 20.8 Å². The average Bonchev–Trinajstić information content (AvgIpc) is 2.68. The minimum absolute atomic E-state index is 0.0130. The van der Waals surface area contributed by atoms with Gasteiger partial charge in [0.05, 0.1) is 6.42 Å². The number of carboxylic acids is 1. The number of nitrogens with zero attached hydrogens (tertiary/aromatic N) is 1. The van der Waals surface area contributed by atoms with Crippen LogP contribution in [0.25, 0.3) is 0 Å². The maximum Gasteiger partial charge on any atom is 0.304 e. The van der Waals surface area contributed by atoms with Crippen molar-refractivity contribution in [3.05, 3.63) is 0 Å². The molecular weight excluding hydrogens is 292 g/mol. The van der Waals surface area contributed by atoms with Crippen LogP contribution in [-0.2, 0) is 15.0 Å². The highest BCUT2D eigenvalue weighted by atomic mass is 32.2. The van der Waals surface area contributed by atoms with E-state index in [1.807, 2.05) is 0 Å². The van der Waals surface area contributed by atoms with Gasteiger partial charge in [-0.05, 0) is 36.0 Å². The third kappa shape index (κ3) is 2.71. The fraction of sp³-hybridized carbons (Fsp3) is 0.929. The molecule has 3 atom stereocenters. The second-order valence-electron chi connectivity index (χ2n) is 7.25. The van der Waals surface area contributed by atoms with Gasteiger partial charge in [-0.15, -0.1) is 0 Å². The molecule has 0 heterocycles. The lowest BCUT2D eigenvalue weighted by atomic mass is 9.69. The van der Waals surface area contributed by atoms with Gasteiger partial charge in [0.15, 0.2) is 0 Å². The normalized spacial score (nSPS) is 34.5. The third-order valence-electron chi connectivity index (χ3n) is 6.14. The van der Waals surface area contributed by atoms with E-state index in [0.29, 0.717) is 5.92 Å². The number of carboxylic acid groups (broad SMARTS) is 1. The second kappa shape index (κ2) is 5.21. The van der Waals surface area contributed by atoms with Gasteiger partial charge in [0.25, 0.3) is 10.2 Å². The third-order valence-corrected chi connectivity index (χ3v) is 7.72. The molecule has 2 fully saturated rings. The van der Waals surface area contributed by atoms with E-state index in [0.717, 1.165) is 23.6 Å². The van der Waals surface area contributed by atoms with Gasteiger partial charge >= 0.3 is 5.97 Å². The first kappa shape index (κ1) is 16.7. The Bertz CT molecular complexity index is 531. The van der Waals surface area contributed by atoms with Crippen LogP contribution in [0.2, 0.25) is 0 Å². The molecule has 21 heavy (non-hydrogen) atoms. The maximum atomic E-state index is 12.4. The molecule has 0 aromatic carbocycles. The summed E-state index contributed by atoms with van der Waals surface area (Å²) in [4.78, 5) is 10.6. The summed E-state index contributed by atoms with van der Waals surface area (Å²) in [7, 11) is -2.21. The van der Waals surface area contributed by atoms with Gasteiger partial charge in [-0.25, -0.2) is 0 Å². The molecule has 0 aromatic heterocycles. The van der Waals surface area contributed by atoms with E-state index in [1.54, 1.807) is 0 Å². The zero-order valence-corrected chi connectivity index (χ0v) is 14.0. The van der Waals surface area contributed by atoms with Crippen LogP contribution in [0, 0.1) is 16.7 Å². The second-order valence-corrected chi connectivity index (χ2v) is 9.06. The molecular formula is C14H26N2O4S. The van der Waals surface area contributed by atoms with Crippen molar-refractivity contribution in [2.45, 2.75) is 52.5 Å². The van der Waals surface area contributed by atoms with Gasteiger partial charge in [0.1, 0.15) is 0 Å². The van der Waals surface area contributed by atoms with Gasteiger partial charge in [-0.2, -0.15) is 17.4 Å². The summed E-state index contributed by atoms with van der Waals surface area (Å²) in [5.74, 6) is -0.440. The Labute approximate surface area is 127 Å². The summed E-state index contributed by atoms with van der Waals surface area (Å²) < 4.78 is 28.6. The van der Waals surface area contributed by atoms with E-state index in [1.165, 1.54) is 7.05 Å². The first-order chi connectivity index (χ1) is 9.50. The van der Waals surface area contributed by atoms with Crippen molar-refractivity contribution in [2.75, 3.05) is 13.6 Å². The Morgan fingerprint density at radius 3 is 2.43 bits per heavy atom. The van der Waals surface area contributed by atoms with Crippen LogP contribution in [0.5, 0.6) is 0 Å². The first-order valence-electron chi connectivity index (χ1n) is 7.46. The van der Waals surface area contributed by atoms with Crippen molar-refractivity contribution < 1.29 is 18.3 Å². The molecule has 0 radical (unpaired) electrons. The molecule has 0 amide bonds. The number of aliphatic carboxylic acids is 1. The van der Waals surface area contributed by atoms with Crippen LogP contribution in [0.1, 0.15) is 46.5 Å². The Hall–Kier alpha value is -0.660. The number of hydrogen-bond donors (Lipinski definition) is 2. The fourth-order valence-corrected chi connectivity index (χ4v) is 5.25. The predicted molar refractivity (Wildman–Crippen MR) is 80.0 cm³/mol. The lowest BCUT2D eigenvalue weighted by molar-refractivity contribution is -0.137. The number of fused-ring (bicyclic) bond motifs is 2. The average molecular weight is 318 g/mol. The summed E-state index contributed by atoms with van der Waals surface area (Å²) in [6.45, 7) is 6.62. The van der Waals surface area contributed by atoms with Crippen LogP contribution in [-0.4, -0.2) is 43.4 Å². The first-order valence-corrected chi connectivity index (χ1v) is 8.90. The quantitative estimate of drug-likeness (QED) is 0.776. The summed E-state index contributed by atoms with van der Waals surface area (Å²) in [5.41, 5.74) is 0.109. The topological polar surface area (TPSA) is 86.7 Å². The molecule has 2 aliphatic carbocycles. The molecule has 0 spiro atoms. The van der Waals surface area contributed by atoms with E-state index in [4.69, 9.17) is 5.11 Å². The zero-order chi connectivity index (χ0) is 16.1. The monoisotopic (exact) mass is 318 g/mol. The summed E-state index contributed by atoms with van der Waals surface area (Å²) in [6.07, 6.45) is 2.89. The van der Waals surface area contributed by atoms with Gasteiger partial charge in [0, 0.05) is 19.6 Å². The largest absolute Gasteiger partial charge is 0.481 e. The van der Waals surface area contributed by atoms with E-state index in [9.17, 15) is 13.2 Å². The van der Waals surface area contributed by atoms with Crippen molar-refractivity contribution in [2.24, 2.45) is 16.7 Å². The van der Waals surface area contributed by atoms with Crippen LogP contribution >= 0.6 is 0 Å². The molecule has 0 aromatic rings. The van der Waals surface area contributed by atoms with E-state index >= 15 is 0 Å². The number of hydrogen-bond acceptors (Lipinski definition) is 3. The molecule has 2 aliphatic rings. The van der Waals surface area contributed by atoms with Crippen LogP contribution in [0.3, 0.4) is 0 Å². The van der Waals surface area contributed by atoms with Crippen LogP contribution < -0.4 is 4.72 Å². The lowest BCUT2D eigenvalue weighted by Gasteiger charge is -2.39. The van der Waals surface area contributed by atoms with Crippen molar-refractivity contribution in [3.8, 4) is 0 Å². The zero-order valence-electron chi connectivity index (χ0n) is 13.2. The highest BCUT2D eigenvalue weighted by molar-refractivity contribution is 7.87. The predicted octanol–water partition coefficient (Wildman–Crippen LogP) is 1.44. The molecule has 3 unspecified atom stereocenters. The number of nitrogens with one attached hydrogen (secondary N) is 1. The Balaban J connectivity index is 2.07. The lowest BCUT2D eigenvalue weighted by Crippen LogP contribution is -2.51. The Morgan fingerprint density at radius 2 is 2.00 bits per heavy atom. The summed E-state index contributed by atoms with van der Waals surface area (Å²) in [5, 5.41) is 8.67. The molecule has 2 rings (SSSR count). The minimum atomic E-state index is -3.63. The van der Waals surface area contributed by atoms with Crippen molar-refractivity contribution >= 4 is 16.2 Å². The minimum Gasteiger partial charge on any atom is -0.481 e. The number of carbonyl (C=O) groups is 1. The smallest absolute Gasteiger partial charge is 0.304 e. The van der Waals surface area contributed by atoms with E-state index in [-0.39, 0.29) is 29.8 Å². The molecule has 122 valence electrons. The molecule has 0 saturated heterocycles. The highest BCUT2D eigenvalue weighted by Crippen LogP contribution is 2.65. The Kier molecular flexibility index (Phi) is 4.14. The van der Waals surface area contributed by atoms with Crippen molar-refractivity contribution in [1.82, 2.24) is 9.03 Å². The SMILES string of the molecule is CN(CCC(=O)O)S(=O)(=O)NC1CC2CCC1(C)C2(C)C. The summed E-state index contributed by atoms with van der Waals surface area (Å²) >= 11 is 0. The Morgan fingerprint density at radius 1 is 1.38 bits per heavy atom. The summed E-state index contributed by atoms with van der Waals surface area (Å²) in [6, 6.07) is -0.0662. The van der Waals surface area contributed by atoms with Gasteiger partial charge < -0.3 is 5.11 Å². The molecule has 0 aliphatic heterocycles. The molecule has 2 saturated carbocycles. The van der Waals surface area contributed by atoms with Crippen LogP contribution in [0.15, 0.2) is 0 Å². The fourth-order valence-electron chi connectivity index (χ4n) is 4.02. The molecule has 2 N–H and O–H groups in total. The van der Waals surface area contributed by atoms with Gasteiger partial charge in [-0.3, -0.25) is 4.79 Å². The van der Waals surface area contributed by atoms with Crippen LogP contribution in [0.4, 0.5) is 0 Å².